The lowest BCUT2D eigenvalue weighted by Crippen LogP contribution is -2.53. The Morgan fingerprint density at radius 1 is 0.778 bits per heavy atom. The Hall–Kier alpha value is -6.10. The first kappa shape index (κ1) is 35.0. The van der Waals surface area contributed by atoms with Crippen LogP contribution in [0.3, 0.4) is 0 Å². The first-order valence-electron chi connectivity index (χ1n) is 18.3. The van der Waals surface area contributed by atoms with E-state index < -0.39 is 0 Å². The number of phenolic OH excluding ortho intramolecular Hbond substituents is 2. The highest BCUT2D eigenvalue weighted by Crippen LogP contribution is 2.38. The molecule has 0 radical (unpaired) electrons. The highest BCUT2D eigenvalue weighted by Gasteiger charge is 2.34. The molecule has 1 fully saturated rings. The van der Waals surface area contributed by atoms with Gasteiger partial charge in [-0.2, -0.15) is 0 Å². The first-order valence-corrected chi connectivity index (χ1v) is 18.3. The summed E-state index contributed by atoms with van der Waals surface area (Å²) in [6.07, 6.45) is 2.49. The molecule has 10 heteroatoms. The number of nitrogens with zero attached hydrogens (tertiary/aromatic N) is 5. The van der Waals surface area contributed by atoms with Crippen LogP contribution in [0.1, 0.15) is 31.8 Å². The molecule has 5 aromatic carbocycles. The summed E-state index contributed by atoms with van der Waals surface area (Å²) in [5, 5.41) is 21.9. The van der Waals surface area contributed by atoms with Crippen molar-refractivity contribution in [3.63, 3.8) is 0 Å². The third-order valence-electron chi connectivity index (χ3n) is 10.7. The van der Waals surface area contributed by atoms with Crippen LogP contribution in [0.4, 0.5) is 11.4 Å². The van der Waals surface area contributed by atoms with Crippen LogP contribution in [0.5, 0.6) is 17.2 Å². The minimum absolute atomic E-state index is 0.0869. The topological polar surface area (TPSA) is 102 Å². The molecule has 3 heterocycles. The number of benzene rings is 5. The summed E-state index contributed by atoms with van der Waals surface area (Å²) in [6.45, 7) is 4.99. The van der Waals surface area contributed by atoms with Gasteiger partial charge < -0.3 is 29.3 Å². The molecule has 0 saturated carbocycles. The normalized spacial score (nSPS) is 16.3. The van der Waals surface area contributed by atoms with Crippen molar-refractivity contribution in [2.45, 2.75) is 19.0 Å². The summed E-state index contributed by atoms with van der Waals surface area (Å²) in [7, 11) is 3.62. The van der Waals surface area contributed by atoms with Gasteiger partial charge in [0.1, 0.15) is 5.75 Å². The van der Waals surface area contributed by atoms with Crippen molar-refractivity contribution in [3.05, 3.63) is 144 Å². The van der Waals surface area contributed by atoms with Crippen molar-refractivity contribution in [1.82, 2.24) is 19.3 Å². The number of fused-ring (bicyclic) bond motifs is 2. The van der Waals surface area contributed by atoms with Gasteiger partial charge in [-0.1, -0.05) is 60.7 Å². The monoisotopic (exact) mass is 721 g/mol. The Kier molecular flexibility index (Phi) is 9.54. The zero-order valence-corrected chi connectivity index (χ0v) is 30.4. The third kappa shape index (κ3) is 6.66. The summed E-state index contributed by atoms with van der Waals surface area (Å²) in [5.41, 5.74) is 5.49. The molecular formula is C44H43N5O5. The lowest BCUT2D eigenvalue weighted by molar-refractivity contribution is 0.0535. The van der Waals surface area contributed by atoms with Gasteiger partial charge >= 0.3 is 0 Å². The minimum Gasteiger partial charge on any atom is -0.508 e. The number of phenols is 2. The van der Waals surface area contributed by atoms with Crippen LogP contribution in [-0.4, -0.2) is 94.2 Å². The molecule has 0 aliphatic carbocycles. The Balaban J connectivity index is 1.24. The number of carbonyl (C=O) groups is 2. The lowest BCUT2D eigenvalue weighted by atomic mass is 9.92. The average Bonchev–Trinajstić information content (AvgIpc) is 3.59. The SMILES string of the molecule is COc1cc(-n2cc(C(=O)N(c3ccccc3)c3ccc(O)cc3)c3ccccc32)c(C(=O)N2Cc3ccccc3C[C@H]2CN2CCN(C)CC2)cc1O. The van der Waals surface area contributed by atoms with Gasteiger partial charge in [0, 0.05) is 74.3 Å². The van der Waals surface area contributed by atoms with Gasteiger partial charge in [0.15, 0.2) is 11.5 Å². The van der Waals surface area contributed by atoms with Gasteiger partial charge in [0.2, 0.25) is 0 Å². The molecule has 1 saturated heterocycles. The molecule has 54 heavy (non-hydrogen) atoms. The number of carbonyl (C=O) groups excluding carboxylic acids is 2. The van der Waals surface area contributed by atoms with Crippen LogP contribution in [0.25, 0.3) is 16.6 Å². The van der Waals surface area contributed by atoms with E-state index in [2.05, 4.69) is 35.0 Å². The van der Waals surface area contributed by atoms with E-state index in [1.807, 2.05) is 70.1 Å². The molecule has 2 aliphatic rings. The van der Waals surface area contributed by atoms with Gasteiger partial charge in [-0.05, 0) is 73.1 Å². The van der Waals surface area contributed by atoms with Crippen LogP contribution < -0.4 is 9.64 Å². The Labute approximate surface area is 314 Å². The number of rotatable bonds is 8. The zero-order valence-electron chi connectivity index (χ0n) is 30.4. The van der Waals surface area contributed by atoms with Crippen molar-refractivity contribution in [2.24, 2.45) is 0 Å². The fourth-order valence-corrected chi connectivity index (χ4v) is 7.80. The van der Waals surface area contributed by atoms with Gasteiger partial charge in [-0.15, -0.1) is 0 Å². The van der Waals surface area contributed by atoms with Gasteiger partial charge in [0.05, 0.1) is 29.4 Å². The number of aromatic nitrogens is 1. The van der Waals surface area contributed by atoms with Crippen molar-refractivity contribution in [3.8, 4) is 22.9 Å². The Morgan fingerprint density at radius 3 is 2.19 bits per heavy atom. The van der Waals surface area contributed by atoms with Crippen LogP contribution >= 0.6 is 0 Å². The zero-order chi connectivity index (χ0) is 37.3. The predicted octanol–water partition coefficient (Wildman–Crippen LogP) is 6.84. The molecule has 0 spiro atoms. The van der Waals surface area contributed by atoms with E-state index in [9.17, 15) is 15.0 Å². The van der Waals surface area contributed by atoms with Gasteiger partial charge in [-0.3, -0.25) is 19.4 Å². The number of hydrogen-bond acceptors (Lipinski definition) is 7. The fourth-order valence-electron chi connectivity index (χ4n) is 7.80. The largest absolute Gasteiger partial charge is 0.508 e. The summed E-state index contributed by atoms with van der Waals surface area (Å²) in [5.74, 6) is -0.344. The molecular weight excluding hydrogens is 679 g/mol. The van der Waals surface area contributed by atoms with Crippen LogP contribution in [-0.2, 0) is 13.0 Å². The number of likely N-dealkylation sites (N-methyl/N-ethyl adjacent to an activating group) is 1. The maximum Gasteiger partial charge on any atom is 0.265 e. The second-order valence-corrected chi connectivity index (χ2v) is 14.1. The number of ether oxygens (including phenoxy) is 1. The molecule has 0 bridgehead atoms. The number of hydrogen-bond donors (Lipinski definition) is 2. The van der Waals surface area contributed by atoms with Crippen LogP contribution in [0.15, 0.2) is 121 Å². The molecule has 1 aromatic heterocycles. The quantitative estimate of drug-likeness (QED) is 0.178. The van der Waals surface area contributed by atoms with Crippen LogP contribution in [0, 0.1) is 0 Å². The summed E-state index contributed by atoms with van der Waals surface area (Å²) < 4.78 is 7.45. The van der Waals surface area contributed by atoms with E-state index in [0.29, 0.717) is 45.6 Å². The van der Waals surface area contributed by atoms with E-state index in [4.69, 9.17) is 4.74 Å². The van der Waals surface area contributed by atoms with Crippen molar-refractivity contribution < 1.29 is 24.5 Å². The number of amides is 2. The Morgan fingerprint density at radius 2 is 1.44 bits per heavy atom. The summed E-state index contributed by atoms with van der Waals surface area (Å²) in [6, 6.07) is 34.8. The molecule has 10 nitrogen and oxygen atoms in total. The second kappa shape index (κ2) is 14.7. The highest BCUT2D eigenvalue weighted by molar-refractivity contribution is 6.17. The van der Waals surface area contributed by atoms with Crippen molar-refractivity contribution in [2.75, 3.05) is 51.8 Å². The summed E-state index contributed by atoms with van der Waals surface area (Å²) in [4.78, 5) is 38.2. The fraction of sp³-hybridized carbons (Fsp3) is 0.227. The standard InChI is InChI=1S/C44H43N5O5/c1-45-20-22-46(23-21-45)28-34-24-30-10-6-7-11-31(30)27-47(34)43(52)37-25-41(51)42(54-2)26-40(37)48-29-38(36-14-8-9-15-39(36)48)44(53)49(32-12-4-3-5-13-32)33-16-18-35(50)19-17-33/h3-19,25-26,29,34,50-51H,20-24,27-28H2,1-2H3/t34-/m0/s1. The Bertz CT molecular complexity index is 2310. The number of aromatic hydroxyl groups is 2. The molecule has 2 amide bonds. The maximum absolute atomic E-state index is 15.1. The molecule has 2 aliphatic heterocycles. The lowest BCUT2D eigenvalue weighted by Gasteiger charge is -2.41. The molecule has 274 valence electrons. The van der Waals surface area contributed by atoms with Crippen LogP contribution in [0.2, 0.25) is 0 Å². The molecule has 6 aromatic rings. The highest BCUT2D eigenvalue weighted by atomic mass is 16.5. The molecule has 8 rings (SSSR count). The van der Waals surface area contributed by atoms with E-state index in [-0.39, 0.29) is 35.1 Å². The molecule has 2 N–H and O–H groups in total. The van der Waals surface area contributed by atoms with Crippen molar-refractivity contribution in [1.29, 1.82) is 0 Å². The van der Waals surface area contributed by atoms with E-state index in [1.54, 1.807) is 41.4 Å². The first-order chi connectivity index (χ1) is 26.3. The van der Waals surface area contributed by atoms with Gasteiger partial charge in [-0.25, -0.2) is 0 Å². The number of anilines is 2. The van der Waals surface area contributed by atoms with E-state index in [1.165, 1.54) is 18.7 Å². The van der Waals surface area contributed by atoms with E-state index in [0.717, 1.165) is 44.7 Å². The minimum atomic E-state index is -0.291. The van der Waals surface area contributed by atoms with Crippen molar-refractivity contribution >= 4 is 34.1 Å². The van der Waals surface area contributed by atoms with E-state index >= 15 is 4.79 Å². The number of piperazine rings is 1. The third-order valence-corrected chi connectivity index (χ3v) is 10.7. The number of para-hydroxylation sites is 2. The summed E-state index contributed by atoms with van der Waals surface area (Å²) >= 11 is 0. The van der Waals surface area contributed by atoms with Gasteiger partial charge in [0.25, 0.3) is 11.8 Å². The maximum atomic E-state index is 15.1. The average molecular weight is 722 g/mol. The molecule has 1 atom stereocenters. The smallest absolute Gasteiger partial charge is 0.265 e. The molecule has 0 unspecified atom stereocenters. The number of methoxy groups -OCH3 is 1. The predicted molar refractivity (Wildman–Crippen MR) is 210 cm³/mol. The second-order valence-electron chi connectivity index (χ2n) is 14.1.